The molecule has 0 atom stereocenters. The van der Waals surface area contributed by atoms with Gasteiger partial charge in [-0.2, -0.15) is 0 Å². The van der Waals surface area contributed by atoms with Crippen LogP contribution in [0.15, 0.2) is 29.2 Å². The van der Waals surface area contributed by atoms with Crippen molar-refractivity contribution in [2.45, 2.75) is 11.3 Å². The van der Waals surface area contributed by atoms with E-state index >= 15 is 0 Å². The Morgan fingerprint density at radius 2 is 1.78 bits per heavy atom. The van der Waals surface area contributed by atoms with E-state index in [-0.39, 0.29) is 40.3 Å². The summed E-state index contributed by atoms with van der Waals surface area (Å²) in [5.74, 6) is -0.183. The van der Waals surface area contributed by atoms with Crippen LogP contribution in [-0.4, -0.2) is 53.9 Å². The van der Waals surface area contributed by atoms with Gasteiger partial charge in [-0.05, 0) is 6.07 Å². The van der Waals surface area contributed by atoms with Crippen LogP contribution in [0.1, 0.15) is 6.42 Å². The summed E-state index contributed by atoms with van der Waals surface area (Å²) in [7, 11) is 0.411. The number of nitrogens with one attached hydrogen (secondary N) is 2. The minimum atomic E-state index is -3.92. The number of carbonyl (C=O) groups is 2. The molecule has 0 spiro atoms. The van der Waals surface area contributed by atoms with Crippen molar-refractivity contribution in [2.24, 2.45) is 0 Å². The Morgan fingerprint density at radius 1 is 1.12 bits per heavy atom. The van der Waals surface area contributed by atoms with E-state index in [9.17, 15) is 18.0 Å². The number of hydrogen-bond acceptors (Lipinski definition) is 8. The summed E-state index contributed by atoms with van der Waals surface area (Å²) in [4.78, 5) is 23.6. The second kappa shape index (κ2) is 9.53. The molecular weight excluding hydrogens is 464 g/mol. The molecule has 32 heavy (non-hydrogen) atoms. The minimum Gasteiger partial charge on any atom is -0.493 e. The molecule has 2 N–H and O–H groups in total. The van der Waals surface area contributed by atoms with Gasteiger partial charge in [0.2, 0.25) is 11.7 Å². The standard InChI is InChI=1S/C20H21ClN2O8S/c1-28-15-6-11(7-16(29-2)20(15)30-3)22-18(24)4-5-32(26,27)17-9-14-13(8-12(17)21)23-19(25)10-31-14/h6-9H,4-5,10H2,1-3H3,(H,22,24)(H,23,25). The number of hydrogen-bond donors (Lipinski definition) is 2. The highest BCUT2D eigenvalue weighted by molar-refractivity contribution is 7.91. The van der Waals surface area contributed by atoms with Crippen LogP contribution in [0.5, 0.6) is 23.0 Å². The predicted octanol–water partition coefficient (Wildman–Crippen LogP) is 2.50. The lowest BCUT2D eigenvalue weighted by Gasteiger charge is -2.19. The molecule has 3 rings (SSSR count). The molecule has 12 heteroatoms. The molecule has 1 aliphatic heterocycles. The zero-order valence-electron chi connectivity index (χ0n) is 17.5. The Labute approximate surface area is 189 Å². The molecular formula is C20H21ClN2O8S. The Balaban J connectivity index is 1.73. The number of ether oxygens (including phenoxy) is 4. The second-order valence-corrected chi connectivity index (χ2v) is 9.13. The monoisotopic (exact) mass is 484 g/mol. The van der Waals surface area contributed by atoms with Crippen LogP contribution in [0.4, 0.5) is 11.4 Å². The maximum absolute atomic E-state index is 12.8. The molecule has 1 heterocycles. The Morgan fingerprint density at radius 3 is 2.38 bits per heavy atom. The van der Waals surface area contributed by atoms with Crippen LogP contribution in [0.25, 0.3) is 0 Å². The normalized spacial score (nSPS) is 12.8. The van der Waals surface area contributed by atoms with Crippen LogP contribution in [0.2, 0.25) is 5.02 Å². The van der Waals surface area contributed by atoms with E-state index in [1.807, 2.05) is 0 Å². The maximum Gasteiger partial charge on any atom is 0.262 e. The van der Waals surface area contributed by atoms with E-state index in [1.54, 1.807) is 0 Å². The van der Waals surface area contributed by atoms with Gasteiger partial charge in [0.25, 0.3) is 5.91 Å². The summed E-state index contributed by atoms with van der Waals surface area (Å²) < 4.78 is 46.5. The van der Waals surface area contributed by atoms with E-state index in [4.69, 9.17) is 30.5 Å². The summed E-state index contributed by atoms with van der Waals surface area (Å²) in [6, 6.07) is 5.60. The minimum absolute atomic E-state index is 0.0837. The number of benzene rings is 2. The van der Waals surface area contributed by atoms with Crippen molar-refractivity contribution in [3.8, 4) is 23.0 Å². The molecule has 172 valence electrons. The van der Waals surface area contributed by atoms with Crippen molar-refractivity contribution in [2.75, 3.05) is 44.3 Å². The van der Waals surface area contributed by atoms with Gasteiger partial charge < -0.3 is 29.6 Å². The molecule has 2 aromatic carbocycles. The second-order valence-electron chi connectivity index (χ2n) is 6.65. The lowest BCUT2D eigenvalue weighted by Crippen LogP contribution is -2.25. The van der Waals surface area contributed by atoms with Crippen molar-refractivity contribution in [1.29, 1.82) is 0 Å². The Kier molecular flexibility index (Phi) is 6.99. The molecule has 10 nitrogen and oxygen atoms in total. The van der Waals surface area contributed by atoms with Crippen molar-refractivity contribution in [3.05, 3.63) is 29.3 Å². The third-order valence-electron chi connectivity index (χ3n) is 4.55. The zero-order chi connectivity index (χ0) is 23.5. The van der Waals surface area contributed by atoms with Crippen molar-refractivity contribution < 1.29 is 37.0 Å². The third kappa shape index (κ3) is 5.00. The van der Waals surface area contributed by atoms with Gasteiger partial charge in [-0.15, -0.1) is 0 Å². The summed E-state index contributed by atoms with van der Waals surface area (Å²) in [6.07, 6.45) is -0.329. The van der Waals surface area contributed by atoms with Gasteiger partial charge in [-0.3, -0.25) is 9.59 Å². The highest BCUT2D eigenvalue weighted by atomic mass is 35.5. The number of methoxy groups -OCH3 is 3. The molecule has 0 saturated carbocycles. The van der Waals surface area contributed by atoms with E-state index in [2.05, 4.69) is 10.6 Å². The number of anilines is 2. The van der Waals surface area contributed by atoms with Gasteiger partial charge in [0.1, 0.15) is 5.75 Å². The van der Waals surface area contributed by atoms with E-state index < -0.39 is 21.5 Å². The molecule has 0 aliphatic carbocycles. The Hall–Kier alpha value is -3.18. The predicted molar refractivity (Wildman–Crippen MR) is 117 cm³/mol. The van der Waals surface area contributed by atoms with Crippen molar-refractivity contribution in [3.63, 3.8) is 0 Å². The molecule has 0 radical (unpaired) electrons. The SMILES string of the molecule is COc1cc(NC(=O)CCS(=O)(=O)c2cc3c(cc2Cl)NC(=O)CO3)cc(OC)c1OC. The molecule has 2 aromatic rings. The molecule has 0 unspecified atom stereocenters. The van der Waals surface area contributed by atoms with Gasteiger partial charge in [-0.25, -0.2) is 8.42 Å². The third-order valence-corrected chi connectivity index (χ3v) is 6.72. The van der Waals surface area contributed by atoms with Crippen LogP contribution in [0, 0.1) is 0 Å². The fraction of sp³-hybridized carbons (Fsp3) is 0.300. The van der Waals surface area contributed by atoms with Gasteiger partial charge in [0.15, 0.2) is 27.9 Å². The van der Waals surface area contributed by atoms with Crippen LogP contribution in [0.3, 0.4) is 0 Å². The zero-order valence-corrected chi connectivity index (χ0v) is 19.1. The first-order valence-electron chi connectivity index (χ1n) is 9.27. The van der Waals surface area contributed by atoms with Gasteiger partial charge in [-0.1, -0.05) is 11.6 Å². The van der Waals surface area contributed by atoms with Gasteiger partial charge >= 0.3 is 0 Å². The lowest BCUT2D eigenvalue weighted by atomic mass is 10.2. The Bertz CT molecular complexity index is 1140. The molecule has 1 aliphatic rings. The smallest absolute Gasteiger partial charge is 0.262 e. The first-order chi connectivity index (χ1) is 15.2. The average Bonchev–Trinajstić information content (AvgIpc) is 2.76. The first kappa shape index (κ1) is 23.5. The number of halogens is 1. The first-order valence-corrected chi connectivity index (χ1v) is 11.3. The van der Waals surface area contributed by atoms with Crippen LogP contribution < -0.4 is 29.6 Å². The number of rotatable bonds is 8. The fourth-order valence-corrected chi connectivity index (χ4v) is 4.87. The summed E-state index contributed by atoms with van der Waals surface area (Å²) in [6.45, 7) is -0.231. The highest BCUT2D eigenvalue weighted by Crippen LogP contribution is 2.40. The lowest BCUT2D eigenvalue weighted by molar-refractivity contribution is -0.118. The van der Waals surface area contributed by atoms with Gasteiger partial charge in [0, 0.05) is 30.3 Å². The molecule has 2 amide bonds. The fourth-order valence-electron chi connectivity index (χ4n) is 3.03. The van der Waals surface area contributed by atoms with E-state index in [0.717, 1.165) is 0 Å². The highest BCUT2D eigenvalue weighted by Gasteiger charge is 2.25. The molecule has 0 bridgehead atoms. The van der Waals surface area contributed by atoms with Crippen LogP contribution in [-0.2, 0) is 19.4 Å². The average molecular weight is 485 g/mol. The molecule has 0 saturated heterocycles. The molecule has 0 aromatic heterocycles. The van der Waals surface area contributed by atoms with Gasteiger partial charge in [0.05, 0.1) is 42.7 Å². The van der Waals surface area contributed by atoms with E-state index in [1.165, 1.54) is 45.6 Å². The van der Waals surface area contributed by atoms with Crippen molar-refractivity contribution in [1.82, 2.24) is 0 Å². The van der Waals surface area contributed by atoms with Crippen LogP contribution >= 0.6 is 11.6 Å². The quantitative estimate of drug-likeness (QED) is 0.584. The topological polar surface area (TPSA) is 129 Å². The maximum atomic E-state index is 12.8. The summed E-state index contributed by atoms with van der Waals surface area (Å²) in [5, 5.41) is 5.08. The number of amides is 2. The van der Waals surface area contributed by atoms with Crippen molar-refractivity contribution >= 4 is 44.6 Å². The number of sulfone groups is 1. The molecule has 0 fully saturated rings. The number of carbonyl (C=O) groups excluding carboxylic acids is 2. The summed E-state index contributed by atoms with van der Waals surface area (Å²) in [5.41, 5.74) is 0.628. The summed E-state index contributed by atoms with van der Waals surface area (Å²) >= 11 is 6.11. The number of fused-ring (bicyclic) bond motifs is 1. The van der Waals surface area contributed by atoms with E-state index in [0.29, 0.717) is 22.9 Å². The largest absolute Gasteiger partial charge is 0.493 e.